The van der Waals surface area contributed by atoms with Gasteiger partial charge in [0.25, 0.3) is 0 Å². The number of aromatic nitrogens is 1. The molecule has 0 saturated heterocycles. The van der Waals surface area contributed by atoms with E-state index in [2.05, 4.69) is 10.3 Å². The zero-order chi connectivity index (χ0) is 13.0. The molecule has 2 rings (SSSR count). The molecule has 0 spiro atoms. The second kappa shape index (κ2) is 5.82. The van der Waals surface area contributed by atoms with Crippen LogP contribution in [0.15, 0.2) is 18.3 Å². The van der Waals surface area contributed by atoms with E-state index in [4.69, 9.17) is 5.73 Å². The Hall–Kier alpha value is -1.62. The van der Waals surface area contributed by atoms with Gasteiger partial charge in [-0.05, 0) is 25.0 Å². The minimum Gasteiger partial charge on any atom is -0.393 e. The fourth-order valence-electron chi connectivity index (χ4n) is 2.31. The Labute approximate surface area is 106 Å². The highest BCUT2D eigenvalue weighted by Crippen LogP contribution is 2.24. The van der Waals surface area contributed by atoms with E-state index >= 15 is 0 Å². The van der Waals surface area contributed by atoms with Gasteiger partial charge >= 0.3 is 0 Å². The number of aliphatic hydroxyl groups is 1. The van der Waals surface area contributed by atoms with Crippen molar-refractivity contribution in [3.8, 4) is 0 Å². The summed E-state index contributed by atoms with van der Waals surface area (Å²) in [5, 5.41) is 13.0. The number of anilines is 1. The predicted octanol–water partition coefficient (Wildman–Crippen LogP) is 1.14. The van der Waals surface area contributed by atoms with Gasteiger partial charge in [-0.1, -0.05) is 12.8 Å². The largest absolute Gasteiger partial charge is 0.393 e. The highest BCUT2D eigenvalue weighted by Gasteiger charge is 2.22. The first-order valence-electron chi connectivity index (χ1n) is 6.34. The molecule has 1 heterocycles. The van der Waals surface area contributed by atoms with Crippen molar-refractivity contribution in [2.45, 2.75) is 31.8 Å². The van der Waals surface area contributed by atoms with Crippen LogP contribution in [0.25, 0.3) is 0 Å². The van der Waals surface area contributed by atoms with Crippen molar-refractivity contribution < 1.29 is 9.90 Å². The van der Waals surface area contributed by atoms with Gasteiger partial charge in [0.2, 0.25) is 5.91 Å². The first-order valence-corrected chi connectivity index (χ1v) is 6.34. The molecule has 2 atom stereocenters. The molecule has 18 heavy (non-hydrogen) atoms. The van der Waals surface area contributed by atoms with Crippen molar-refractivity contribution >= 4 is 11.7 Å². The summed E-state index contributed by atoms with van der Waals surface area (Å²) in [7, 11) is 0. The molecular formula is C13H19N3O2. The molecule has 5 nitrogen and oxygen atoms in total. The van der Waals surface area contributed by atoms with Gasteiger partial charge in [0.05, 0.1) is 11.7 Å². The quantitative estimate of drug-likeness (QED) is 0.746. The molecule has 1 aromatic rings. The van der Waals surface area contributed by atoms with Gasteiger partial charge < -0.3 is 16.2 Å². The molecule has 0 radical (unpaired) electrons. The summed E-state index contributed by atoms with van der Waals surface area (Å²) < 4.78 is 0. The lowest BCUT2D eigenvalue weighted by Gasteiger charge is -2.27. The topological polar surface area (TPSA) is 88.2 Å². The maximum atomic E-state index is 10.9. The van der Waals surface area contributed by atoms with Gasteiger partial charge in [-0.2, -0.15) is 0 Å². The summed E-state index contributed by atoms with van der Waals surface area (Å²) in [5.41, 5.74) is 5.54. The van der Waals surface area contributed by atoms with Crippen LogP contribution in [0.4, 0.5) is 5.82 Å². The molecule has 5 heteroatoms. The second-order valence-corrected chi connectivity index (χ2v) is 4.79. The summed E-state index contributed by atoms with van der Waals surface area (Å²) in [5.74, 6) is 0.519. The van der Waals surface area contributed by atoms with Gasteiger partial charge in [0.15, 0.2) is 0 Å². The van der Waals surface area contributed by atoms with Gasteiger partial charge in [0.1, 0.15) is 5.82 Å². The Morgan fingerprint density at radius 2 is 2.22 bits per heavy atom. The fourth-order valence-corrected chi connectivity index (χ4v) is 2.31. The van der Waals surface area contributed by atoms with Gasteiger partial charge in [-0.15, -0.1) is 0 Å². The molecule has 1 aliphatic rings. The van der Waals surface area contributed by atoms with E-state index in [0.29, 0.717) is 17.9 Å². The first kappa shape index (κ1) is 12.8. The maximum Gasteiger partial charge on any atom is 0.250 e. The third kappa shape index (κ3) is 3.20. The number of carbonyl (C=O) groups excluding carboxylic acids is 1. The third-order valence-electron chi connectivity index (χ3n) is 3.46. The van der Waals surface area contributed by atoms with Crippen LogP contribution in [-0.2, 0) is 0 Å². The number of hydrogen-bond donors (Lipinski definition) is 3. The molecule has 0 aliphatic heterocycles. The van der Waals surface area contributed by atoms with Crippen molar-refractivity contribution in [2.24, 2.45) is 11.7 Å². The van der Waals surface area contributed by atoms with Gasteiger partial charge in [-0.25, -0.2) is 4.98 Å². The van der Waals surface area contributed by atoms with Crippen molar-refractivity contribution in [3.05, 3.63) is 23.9 Å². The molecule has 0 bridgehead atoms. The summed E-state index contributed by atoms with van der Waals surface area (Å²) >= 11 is 0. The van der Waals surface area contributed by atoms with Crippen LogP contribution in [0.3, 0.4) is 0 Å². The zero-order valence-corrected chi connectivity index (χ0v) is 10.3. The van der Waals surface area contributed by atoms with Crippen molar-refractivity contribution in [1.82, 2.24) is 4.98 Å². The van der Waals surface area contributed by atoms with E-state index in [1.54, 1.807) is 12.1 Å². The minimum absolute atomic E-state index is 0.212. The molecular weight excluding hydrogens is 230 g/mol. The van der Waals surface area contributed by atoms with Crippen LogP contribution in [0, 0.1) is 5.92 Å². The molecule has 98 valence electrons. The van der Waals surface area contributed by atoms with Crippen LogP contribution >= 0.6 is 0 Å². The van der Waals surface area contributed by atoms with Crippen molar-refractivity contribution in [2.75, 3.05) is 11.9 Å². The van der Waals surface area contributed by atoms with Crippen molar-refractivity contribution in [1.29, 1.82) is 0 Å². The Balaban J connectivity index is 1.87. The highest BCUT2D eigenvalue weighted by atomic mass is 16.3. The molecule has 1 amide bonds. The van der Waals surface area contributed by atoms with E-state index in [0.717, 1.165) is 19.3 Å². The summed E-state index contributed by atoms with van der Waals surface area (Å²) in [4.78, 5) is 15.0. The second-order valence-electron chi connectivity index (χ2n) is 4.79. The smallest absolute Gasteiger partial charge is 0.250 e. The molecule has 1 aromatic heterocycles. The normalized spacial score (nSPS) is 23.6. The first-order chi connectivity index (χ1) is 8.66. The van der Waals surface area contributed by atoms with E-state index in [9.17, 15) is 9.90 Å². The van der Waals surface area contributed by atoms with Gasteiger partial charge in [0, 0.05) is 18.7 Å². The van der Waals surface area contributed by atoms with Gasteiger partial charge in [-0.3, -0.25) is 4.79 Å². The van der Waals surface area contributed by atoms with E-state index in [-0.39, 0.29) is 12.0 Å². The van der Waals surface area contributed by atoms with Crippen LogP contribution < -0.4 is 11.1 Å². The number of carbonyl (C=O) groups is 1. The lowest BCUT2D eigenvalue weighted by atomic mass is 9.86. The van der Waals surface area contributed by atoms with Crippen LogP contribution in [0.5, 0.6) is 0 Å². The number of rotatable bonds is 4. The molecule has 4 N–H and O–H groups in total. The third-order valence-corrected chi connectivity index (χ3v) is 3.46. The Morgan fingerprint density at radius 3 is 2.83 bits per heavy atom. The van der Waals surface area contributed by atoms with Crippen LogP contribution in [0.2, 0.25) is 0 Å². The molecule has 1 saturated carbocycles. The average molecular weight is 249 g/mol. The van der Waals surface area contributed by atoms with E-state index < -0.39 is 5.91 Å². The average Bonchev–Trinajstić information content (AvgIpc) is 2.38. The van der Waals surface area contributed by atoms with Crippen LogP contribution in [-0.4, -0.2) is 28.6 Å². The highest BCUT2D eigenvalue weighted by molar-refractivity contribution is 5.92. The molecule has 1 fully saturated rings. The summed E-state index contributed by atoms with van der Waals surface area (Å²) in [6.45, 7) is 0.712. The number of hydrogen-bond acceptors (Lipinski definition) is 4. The van der Waals surface area contributed by atoms with E-state index in [1.165, 1.54) is 12.6 Å². The summed E-state index contributed by atoms with van der Waals surface area (Å²) in [6, 6.07) is 3.38. The number of pyridine rings is 1. The Morgan fingerprint density at radius 1 is 1.44 bits per heavy atom. The molecule has 2 unspecified atom stereocenters. The maximum absolute atomic E-state index is 10.9. The number of nitrogens with zero attached hydrogens (tertiary/aromatic N) is 1. The standard InChI is InChI=1S/C13H19N3O2/c14-13(18)10-5-6-12(16-8-10)15-7-9-3-1-2-4-11(9)17/h5-6,8-9,11,17H,1-4,7H2,(H2,14,18)(H,15,16). The lowest BCUT2D eigenvalue weighted by Crippen LogP contribution is -2.30. The van der Waals surface area contributed by atoms with Crippen LogP contribution in [0.1, 0.15) is 36.0 Å². The molecule has 1 aliphatic carbocycles. The number of nitrogens with two attached hydrogens (primary N) is 1. The Bertz CT molecular complexity index is 405. The monoisotopic (exact) mass is 249 g/mol. The predicted molar refractivity (Wildman–Crippen MR) is 69.2 cm³/mol. The lowest BCUT2D eigenvalue weighted by molar-refractivity contribution is 0.0763. The zero-order valence-electron chi connectivity index (χ0n) is 10.3. The number of aliphatic hydroxyl groups excluding tert-OH is 1. The van der Waals surface area contributed by atoms with E-state index in [1.807, 2.05) is 0 Å². The Kier molecular flexibility index (Phi) is 4.15. The number of nitrogens with one attached hydrogen (secondary N) is 1. The molecule has 0 aromatic carbocycles. The fraction of sp³-hybridized carbons (Fsp3) is 0.538. The summed E-state index contributed by atoms with van der Waals surface area (Å²) in [6.07, 6.45) is 5.48. The number of amides is 1. The van der Waals surface area contributed by atoms with Crippen molar-refractivity contribution in [3.63, 3.8) is 0 Å². The SMILES string of the molecule is NC(=O)c1ccc(NCC2CCCCC2O)nc1. The minimum atomic E-state index is -0.475. The number of primary amides is 1.